The van der Waals surface area contributed by atoms with Crippen molar-refractivity contribution in [1.29, 1.82) is 0 Å². The van der Waals surface area contributed by atoms with Gasteiger partial charge in [0.25, 0.3) is 0 Å². The Bertz CT molecular complexity index is 1050. The van der Waals surface area contributed by atoms with E-state index in [1.54, 1.807) is 0 Å². The summed E-state index contributed by atoms with van der Waals surface area (Å²) >= 11 is 0. The number of benzene rings is 1. The van der Waals surface area contributed by atoms with Gasteiger partial charge >= 0.3 is 5.97 Å². The number of carbonyl (C=O) groups excluding carboxylic acids is 2. The number of aromatic nitrogens is 1. The lowest BCUT2D eigenvalue weighted by Crippen LogP contribution is -2.40. The molecule has 2 atom stereocenters. The Morgan fingerprint density at radius 1 is 1.03 bits per heavy atom. The molecule has 1 aromatic heterocycles. The average Bonchev–Trinajstić information content (AvgIpc) is 3.51. The molecule has 2 aliphatic heterocycles. The van der Waals surface area contributed by atoms with Gasteiger partial charge in [-0.3, -0.25) is 9.36 Å². The molecular weight excluding hydrogens is 436 g/mol. The van der Waals surface area contributed by atoms with Crippen molar-refractivity contribution in [3.63, 3.8) is 0 Å². The third-order valence-electron chi connectivity index (χ3n) is 8.65. The van der Waals surface area contributed by atoms with Gasteiger partial charge in [0.05, 0.1) is 11.6 Å². The number of hydrogen-bond acceptors (Lipinski definition) is 4. The van der Waals surface area contributed by atoms with Gasteiger partial charge in [0, 0.05) is 24.6 Å². The first-order chi connectivity index (χ1) is 15.6. The topological polar surface area (TPSA) is 60.3 Å². The van der Waals surface area contributed by atoms with Crippen molar-refractivity contribution in [2.75, 3.05) is 6.54 Å². The molecule has 3 fully saturated rings. The predicted molar refractivity (Wildman–Crippen MR) is 131 cm³/mol. The molecule has 33 heavy (non-hydrogen) atoms. The quantitative estimate of drug-likeness (QED) is 0.597. The zero-order chi connectivity index (χ0) is 21.7. The molecule has 6 heteroatoms. The van der Waals surface area contributed by atoms with Crippen molar-refractivity contribution in [2.45, 2.75) is 88.8 Å². The minimum absolute atomic E-state index is 0. The van der Waals surface area contributed by atoms with E-state index in [2.05, 4.69) is 28.1 Å². The van der Waals surface area contributed by atoms with Gasteiger partial charge in [-0.1, -0.05) is 44.6 Å². The molecule has 0 bridgehead atoms. The van der Waals surface area contributed by atoms with Gasteiger partial charge in [0.15, 0.2) is 11.5 Å². The summed E-state index contributed by atoms with van der Waals surface area (Å²) in [6.07, 6.45) is 13.4. The third-order valence-corrected chi connectivity index (χ3v) is 8.65. The lowest BCUT2D eigenvalue weighted by atomic mass is 9.75. The molecule has 178 valence electrons. The molecule has 3 heterocycles. The summed E-state index contributed by atoms with van der Waals surface area (Å²) < 4.78 is 8.05. The maximum Gasteiger partial charge on any atom is 0.357 e. The fourth-order valence-electron chi connectivity index (χ4n) is 7.12. The summed E-state index contributed by atoms with van der Waals surface area (Å²) in [6, 6.07) is 8.27. The van der Waals surface area contributed by atoms with Crippen LogP contribution >= 0.6 is 12.4 Å². The fraction of sp³-hybridized carbons (Fsp3) is 0.630. The van der Waals surface area contributed by atoms with Gasteiger partial charge in [-0.05, 0) is 61.4 Å². The van der Waals surface area contributed by atoms with E-state index in [0.29, 0.717) is 29.7 Å². The van der Waals surface area contributed by atoms with Crippen LogP contribution in [0.4, 0.5) is 0 Å². The molecule has 2 aromatic rings. The number of Topliss-reactive ketones (excluding diaryl/α,β-unsaturated/α-hetero) is 1. The second-order valence-electron chi connectivity index (χ2n) is 10.6. The molecule has 4 aliphatic rings. The van der Waals surface area contributed by atoms with Crippen LogP contribution in [0.3, 0.4) is 0 Å². The van der Waals surface area contributed by atoms with Gasteiger partial charge in [-0.2, -0.15) is 0 Å². The van der Waals surface area contributed by atoms with Gasteiger partial charge in [-0.15, -0.1) is 12.4 Å². The Morgan fingerprint density at radius 3 is 2.58 bits per heavy atom. The summed E-state index contributed by atoms with van der Waals surface area (Å²) in [4.78, 5) is 25.9. The normalized spacial score (nSPS) is 26.8. The molecule has 0 amide bonds. The van der Waals surface area contributed by atoms with Crippen molar-refractivity contribution in [3.8, 4) is 0 Å². The van der Waals surface area contributed by atoms with Crippen LogP contribution in [0.5, 0.6) is 0 Å². The molecule has 1 spiro atoms. The molecule has 6 rings (SSSR count). The number of rotatable bonds is 4. The Labute approximate surface area is 202 Å². The smallest absolute Gasteiger partial charge is 0.357 e. The van der Waals surface area contributed by atoms with Crippen LogP contribution in [-0.4, -0.2) is 28.9 Å². The molecule has 2 saturated carbocycles. The van der Waals surface area contributed by atoms with E-state index < -0.39 is 5.72 Å². The van der Waals surface area contributed by atoms with Gasteiger partial charge in [0.1, 0.15) is 5.69 Å². The Morgan fingerprint density at radius 2 is 1.79 bits per heavy atom. The fourth-order valence-corrected chi connectivity index (χ4v) is 7.12. The Balaban J connectivity index is 0.00000228. The number of ether oxygens (including phenoxy) is 1. The zero-order valence-corrected chi connectivity index (χ0v) is 20.1. The summed E-state index contributed by atoms with van der Waals surface area (Å²) in [6.45, 7) is 0.965. The number of carbonyl (C=O) groups is 2. The average molecular weight is 471 g/mol. The van der Waals surface area contributed by atoms with E-state index >= 15 is 0 Å². The second kappa shape index (κ2) is 9.07. The van der Waals surface area contributed by atoms with Crippen LogP contribution in [-0.2, 0) is 21.7 Å². The van der Waals surface area contributed by atoms with E-state index in [9.17, 15) is 9.59 Å². The monoisotopic (exact) mass is 470 g/mol. The first kappa shape index (κ1) is 22.9. The summed E-state index contributed by atoms with van der Waals surface area (Å²) in [7, 11) is 0. The van der Waals surface area contributed by atoms with Gasteiger partial charge < -0.3 is 10.1 Å². The Kier molecular flexibility index (Phi) is 6.30. The first-order valence-electron chi connectivity index (χ1n) is 12.8. The number of fused-ring (bicyclic) bond motifs is 4. The number of halogens is 1. The number of esters is 1. The molecule has 5 nitrogen and oxygen atoms in total. The van der Waals surface area contributed by atoms with E-state index in [0.717, 1.165) is 55.1 Å². The number of hydrogen-bond donors (Lipinski definition) is 1. The highest BCUT2D eigenvalue weighted by molar-refractivity contribution is 5.98. The van der Waals surface area contributed by atoms with E-state index in [-0.39, 0.29) is 24.4 Å². The molecular formula is C27H35ClN2O3. The highest BCUT2D eigenvalue weighted by Gasteiger charge is 2.46. The van der Waals surface area contributed by atoms with Crippen LogP contribution in [0.25, 0.3) is 10.9 Å². The highest BCUT2D eigenvalue weighted by Crippen LogP contribution is 2.45. The summed E-state index contributed by atoms with van der Waals surface area (Å²) in [5, 5.41) is 4.57. The van der Waals surface area contributed by atoms with Crippen LogP contribution in [0.1, 0.15) is 86.7 Å². The highest BCUT2D eigenvalue weighted by atomic mass is 35.5. The van der Waals surface area contributed by atoms with Crippen LogP contribution in [0, 0.1) is 11.8 Å². The molecule has 1 aromatic carbocycles. The lowest BCUT2D eigenvalue weighted by Gasteiger charge is -2.34. The van der Waals surface area contributed by atoms with E-state index in [1.807, 2.05) is 6.07 Å². The molecule has 0 unspecified atom stereocenters. The largest absolute Gasteiger partial charge is 0.434 e. The molecule has 2 aliphatic carbocycles. The van der Waals surface area contributed by atoms with Crippen molar-refractivity contribution < 1.29 is 14.3 Å². The minimum atomic E-state index is -0.495. The predicted octanol–water partition coefficient (Wildman–Crippen LogP) is 5.52. The van der Waals surface area contributed by atoms with Crippen molar-refractivity contribution in [1.82, 2.24) is 9.88 Å². The zero-order valence-electron chi connectivity index (χ0n) is 19.3. The van der Waals surface area contributed by atoms with Crippen molar-refractivity contribution >= 4 is 35.1 Å². The van der Waals surface area contributed by atoms with Gasteiger partial charge in [0.2, 0.25) is 0 Å². The maximum absolute atomic E-state index is 13.3. The van der Waals surface area contributed by atoms with Crippen LogP contribution in [0.15, 0.2) is 24.3 Å². The van der Waals surface area contributed by atoms with Crippen LogP contribution < -0.4 is 5.32 Å². The SMILES string of the molecule is Cl.O=C1OC2(CCCCC2)n2c1cc1cc(CC(=O)[C@H]3NCC[C@H]3C3CCCCC3)ccc12. The molecule has 1 N–H and O–H groups in total. The number of nitrogens with one attached hydrogen (secondary N) is 1. The second-order valence-corrected chi connectivity index (χ2v) is 10.6. The van der Waals surface area contributed by atoms with E-state index in [4.69, 9.17) is 4.74 Å². The molecule has 1 saturated heterocycles. The lowest BCUT2D eigenvalue weighted by molar-refractivity contribution is -0.121. The maximum atomic E-state index is 13.3. The third kappa shape index (κ3) is 3.91. The summed E-state index contributed by atoms with van der Waals surface area (Å²) in [5.74, 6) is 1.34. The van der Waals surface area contributed by atoms with Crippen LogP contribution in [0.2, 0.25) is 0 Å². The number of nitrogens with zero attached hydrogens (tertiary/aromatic N) is 1. The Hall–Kier alpha value is -1.85. The number of ketones is 1. The summed E-state index contributed by atoms with van der Waals surface area (Å²) in [5.41, 5.74) is 2.28. The van der Waals surface area contributed by atoms with Crippen molar-refractivity contribution in [2.24, 2.45) is 11.8 Å². The standard InChI is InChI=1S/C27H34N2O3.ClH/c30-24(25-21(11-14-28-25)19-7-3-1-4-8-19)16-18-9-10-22-20(15-18)17-23-26(31)32-27(29(22)23)12-5-2-6-13-27;/h9-10,15,17,19,21,25,28H,1-8,11-14,16H2;1H/t21-,25-;/m0./s1. The van der Waals surface area contributed by atoms with E-state index in [1.165, 1.54) is 38.5 Å². The molecule has 0 radical (unpaired) electrons. The first-order valence-corrected chi connectivity index (χ1v) is 12.8. The van der Waals surface area contributed by atoms with Crippen molar-refractivity contribution in [3.05, 3.63) is 35.5 Å². The van der Waals surface area contributed by atoms with Gasteiger partial charge in [-0.25, -0.2) is 4.79 Å². The minimum Gasteiger partial charge on any atom is -0.434 e.